The summed E-state index contributed by atoms with van der Waals surface area (Å²) >= 11 is 0. The van der Waals surface area contributed by atoms with Crippen molar-refractivity contribution in [1.29, 1.82) is 0 Å². The van der Waals surface area contributed by atoms with E-state index >= 15 is 0 Å². The normalized spacial score (nSPS) is 15.6. The highest BCUT2D eigenvalue weighted by molar-refractivity contribution is 5.95. The van der Waals surface area contributed by atoms with Crippen molar-refractivity contribution >= 4 is 11.7 Å². The molecule has 2 aromatic carbocycles. The van der Waals surface area contributed by atoms with Crippen LogP contribution in [-0.4, -0.2) is 34.9 Å². The van der Waals surface area contributed by atoms with E-state index in [-0.39, 0.29) is 11.9 Å². The lowest BCUT2D eigenvalue weighted by atomic mass is 9.87. The number of carbonyl (C=O) groups excluding carboxylic acids is 1. The highest BCUT2D eigenvalue weighted by Gasteiger charge is 2.27. The van der Waals surface area contributed by atoms with Crippen LogP contribution in [0.4, 0.5) is 5.82 Å². The van der Waals surface area contributed by atoms with Crippen LogP contribution in [0.5, 0.6) is 0 Å². The number of aryl methyl sites for hydroxylation is 1. The second kappa shape index (κ2) is 7.80. The topological polar surface area (TPSA) is 58.1 Å². The van der Waals surface area contributed by atoms with E-state index in [1.165, 1.54) is 11.1 Å². The van der Waals surface area contributed by atoms with Crippen LogP contribution in [0.1, 0.15) is 40.4 Å². The summed E-state index contributed by atoms with van der Waals surface area (Å²) in [6.45, 7) is 0. The van der Waals surface area contributed by atoms with Crippen LogP contribution in [0.15, 0.2) is 60.9 Å². The van der Waals surface area contributed by atoms with Gasteiger partial charge in [-0.1, -0.05) is 36.4 Å². The monoisotopic (exact) mass is 372 g/mol. The van der Waals surface area contributed by atoms with Gasteiger partial charge in [0.05, 0.1) is 6.04 Å². The van der Waals surface area contributed by atoms with Crippen LogP contribution in [0, 0.1) is 0 Å². The maximum atomic E-state index is 13.1. The minimum absolute atomic E-state index is 0.0428. The van der Waals surface area contributed by atoms with Gasteiger partial charge in [0.2, 0.25) is 0 Å². The van der Waals surface area contributed by atoms with Crippen molar-refractivity contribution in [3.63, 3.8) is 0 Å². The second-order valence-electron chi connectivity index (χ2n) is 7.10. The van der Waals surface area contributed by atoms with E-state index in [0.29, 0.717) is 5.56 Å². The van der Waals surface area contributed by atoms with Crippen molar-refractivity contribution in [2.45, 2.75) is 25.3 Å². The lowest BCUT2D eigenvalue weighted by molar-refractivity contribution is 0.0715. The summed E-state index contributed by atoms with van der Waals surface area (Å²) in [4.78, 5) is 23.7. The van der Waals surface area contributed by atoms with E-state index in [2.05, 4.69) is 39.6 Å². The molecule has 28 heavy (non-hydrogen) atoms. The summed E-state index contributed by atoms with van der Waals surface area (Å²) in [7, 11) is 3.73. The summed E-state index contributed by atoms with van der Waals surface area (Å²) in [5, 5.41) is 3.05. The Morgan fingerprint density at radius 2 is 1.82 bits per heavy atom. The molecule has 1 atom stereocenters. The number of carbonyl (C=O) groups is 1. The molecule has 1 N–H and O–H groups in total. The zero-order valence-corrected chi connectivity index (χ0v) is 16.2. The summed E-state index contributed by atoms with van der Waals surface area (Å²) in [5.74, 6) is 0.763. The molecule has 1 aliphatic carbocycles. The van der Waals surface area contributed by atoms with Crippen LogP contribution in [-0.2, 0) is 6.42 Å². The Kier molecular flexibility index (Phi) is 5.06. The quantitative estimate of drug-likeness (QED) is 0.740. The van der Waals surface area contributed by atoms with Gasteiger partial charge < -0.3 is 10.2 Å². The minimum atomic E-state index is 0.0428. The number of nitrogens with zero attached hydrogens (tertiary/aromatic N) is 3. The SMILES string of the molecule is CNc1nccnc1-c1ccc(C(=O)N(C)[C@@H]2CCCc3ccccc32)cc1. The number of anilines is 1. The summed E-state index contributed by atoms with van der Waals surface area (Å²) < 4.78 is 0. The predicted molar refractivity (Wildman–Crippen MR) is 111 cm³/mol. The van der Waals surface area contributed by atoms with Crippen LogP contribution < -0.4 is 5.32 Å². The number of rotatable bonds is 4. The molecular weight excluding hydrogens is 348 g/mol. The van der Waals surface area contributed by atoms with Gasteiger partial charge in [-0.2, -0.15) is 0 Å². The van der Waals surface area contributed by atoms with E-state index < -0.39 is 0 Å². The molecule has 1 aromatic heterocycles. The average Bonchev–Trinajstić information content (AvgIpc) is 2.77. The van der Waals surface area contributed by atoms with Crippen LogP contribution in [0.25, 0.3) is 11.3 Å². The van der Waals surface area contributed by atoms with Gasteiger partial charge in [-0.3, -0.25) is 9.78 Å². The van der Waals surface area contributed by atoms with Gasteiger partial charge in [0.25, 0.3) is 5.91 Å². The smallest absolute Gasteiger partial charge is 0.254 e. The molecule has 0 fully saturated rings. The summed E-state index contributed by atoms with van der Waals surface area (Å²) in [6, 6.07) is 16.2. The molecular formula is C23H24N4O. The van der Waals surface area contributed by atoms with Crippen LogP contribution >= 0.6 is 0 Å². The maximum Gasteiger partial charge on any atom is 0.254 e. The fraction of sp³-hybridized carbons (Fsp3) is 0.261. The van der Waals surface area contributed by atoms with Crippen molar-refractivity contribution in [3.8, 4) is 11.3 Å². The van der Waals surface area contributed by atoms with Gasteiger partial charge in [-0.25, -0.2) is 4.98 Å². The molecule has 1 aliphatic rings. The fourth-order valence-corrected chi connectivity index (χ4v) is 3.98. The van der Waals surface area contributed by atoms with Gasteiger partial charge in [0, 0.05) is 37.6 Å². The molecule has 1 amide bonds. The van der Waals surface area contributed by atoms with Crippen molar-refractivity contribution in [1.82, 2.24) is 14.9 Å². The minimum Gasteiger partial charge on any atom is -0.371 e. The van der Waals surface area contributed by atoms with Crippen LogP contribution in [0.3, 0.4) is 0 Å². The third kappa shape index (κ3) is 3.36. The molecule has 4 rings (SSSR count). The largest absolute Gasteiger partial charge is 0.371 e. The van der Waals surface area contributed by atoms with Crippen LogP contribution in [0.2, 0.25) is 0 Å². The third-order valence-corrected chi connectivity index (χ3v) is 5.47. The predicted octanol–water partition coefficient (Wildman–Crippen LogP) is 4.33. The molecule has 5 nitrogen and oxygen atoms in total. The van der Waals surface area contributed by atoms with Crippen molar-refractivity contribution in [2.24, 2.45) is 0 Å². The fourth-order valence-electron chi connectivity index (χ4n) is 3.98. The van der Waals surface area contributed by atoms with E-state index in [9.17, 15) is 4.79 Å². The molecule has 0 saturated heterocycles. The zero-order chi connectivity index (χ0) is 19.5. The Hall–Kier alpha value is -3.21. The standard InChI is InChI=1S/C23H24N4O/c1-24-22-21(25-14-15-26-22)17-10-12-18(13-11-17)23(28)27(2)20-9-5-7-16-6-3-4-8-19(16)20/h3-4,6,8,10-15,20H,5,7,9H2,1-2H3,(H,24,26)/t20-/m1/s1. The highest BCUT2D eigenvalue weighted by Crippen LogP contribution is 2.34. The van der Waals surface area contributed by atoms with Gasteiger partial charge in [-0.05, 0) is 42.5 Å². The van der Waals surface area contributed by atoms with Gasteiger partial charge in [-0.15, -0.1) is 0 Å². The molecule has 0 radical (unpaired) electrons. The average molecular weight is 372 g/mol. The number of nitrogens with one attached hydrogen (secondary N) is 1. The zero-order valence-electron chi connectivity index (χ0n) is 16.2. The van der Waals surface area contributed by atoms with E-state index in [0.717, 1.165) is 36.3 Å². The molecule has 0 saturated carbocycles. The first-order valence-corrected chi connectivity index (χ1v) is 9.63. The number of amides is 1. The molecule has 0 unspecified atom stereocenters. The van der Waals surface area contributed by atoms with E-state index in [1.807, 2.05) is 43.3 Å². The number of hydrogen-bond donors (Lipinski definition) is 1. The van der Waals surface area contributed by atoms with Gasteiger partial charge in [0.15, 0.2) is 5.82 Å². The Labute approximate surface area is 165 Å². The molecule has 1 heterocycles. The lowest BCUT2D eigenvalue weighted by Crippen LogP contribution is -2.33. The summed E-state index contributed by atoms with van der Waals surface area (Å²) in [5.41, 5.74) is 5.03. The Morgan fingerprint density at radius 1 is 1.07 bits per heavy atom. The van der Waals surface area contributed by atoms with Gasteiger partial charge in [0.1, 0.15) is 5.69 Å². The third-order valence-electron chi connectivity index (χ3n) is 5.47. The number of hydrogen-bond acceptors (Lipinski definition) is 4. The Morgan fingerprint density at radius 3 is 2.61 bits per heavy atom. The summed E-state index contributed by atoms with van der Waals surface area (Å²) in [6.07, 6.45) is 6.53. The maximum absolute atomic E-state index is 13.1. The molecule has 5 heteroatoms. The van der Waals surface area contributed by atoms with Gasteiger partial charge >= 0.3 is 0 Å². The van der Waals surface area contributed by atoms with E-state index in [1.54, 1.807) is 12.4 Å². The lowest BCUT2D eigenvalue weighted by Gasteiger charge is -2.33. The first kappa shape index (κ1) is 18.2. The number of benzene rings is 2. The second-order valence-corrected chi connectivity index (χ2v) is 7.10. The molecule has 3 aromatic rings. The van der Waals surface area contributed by atoms with E-state index in [4.69, 9.17) is 0 Å². The molecule has 0 aliphatic heterocycles. The van der Waals surface area contributed by atoms with Crippen molar-refractivity contribution in [3.05, 3.63) is 77.6 Å². The Balaban J connectivity index is 1.57. The molecule has 142 valence electrons. The first-order valence-electron chi connectivity index (χ1n) is 9.63. The first-order chi connectivity index (χ1) is 13.7. The van der Waals surface area contributed by atoms with Crippen molar-refractivity contribution in [2.75, 3.05) is 19.4 Å². The number of aromatic nitrogens is 2. The number of fused-ring (bicyclic) bond motifs is 1. The molecule has 0 bridgehead atoms. The van der Waals surface area contributed by atoms with Crippen molar-refractivity contribution < 1.29 is 4.79 Å². The Bertz CT molecular complexity index is 984. The molecule has 0 spiro atoms. The highest BCUT2D eigenvalue weighted by atomic mass is 16.2.